The van der Waals surface area contributed by atoms with Crippen molar-refractivity contribution in [3.8, 4) is 0 Å². The summed E-state index contributed by atoms with van der Waals surface area (Å²) in [6, 6.07) is 0. The second-order valence-corrected chi connectivity index (χ2v) is 6.77. The lowest BCUT2D eigenvalue weighted by Gasteiger charge is -2.34. The molecule has 152 valence electrons. The molecule has 0 aromatic rings. The number of nitrogens with one attached hydrogen (secondary N) is 1. The number of allylic oxidation sites excluding steroid dienone is 11. The van der Waals surface area contributed by atoms with Crippen LogP contribution in [0.2, 0.25) is 0 Å². The number of carbonyl (C=O) groups is 1. The van der Waals surface area contributed by atoms with Crippen molar-refractivity contribution < 1.29 is 4.79 Å². The number of carbonyl (C=O) groups excluding carboxylic acids is 1. The van der Waals surface area contributed by atoms with Gasteiger partial charge in [-0.1, -0.05) is 97.7 Å². The standard InChI is InChI=1S/C27H33NO/c1-9-15-25-24(14-6)26(29)28-27(25,22(12-4)18-16-20(7)10-2)23(13-5)19-17-21(8)11-3/h9-19H,1-2,4H2,3,5-8H3,(H,28,29)/b19-17-,20-16-,21-11-,22-18+,23-13+,24-14+,25-15+. The Hall–Kier alpha value is -3.13. The SMILES string of the molecule is C=C/C=C1\C(=C/C)C(=O)NC1(/C(C=C)=C/C=C(/C)C=C)C(/C=C\C(C)=C/C)=C/C. The molecule has 1 saturated heterocycles. The highest BCUT2D eigenvalue weighted by Crippen LogP contribution is 2.43. The molecule has 1 aliphatic rings. The zero-order valence-corrected chi connectivity index (χ0v) is 18.4. The van der Waals surface area contributed by atoms with Gasteiger partial charge in [-0.15, -0.1) is 0 Å². The van der Waals surface area contributed by atoms with Crippen LogP contribution >= 0.6 is 0 Å². The van der Waals surface area contributed by atoms with Crippen LogP contribution in [0.3, 0.4) is 0 Å². The van der Waals surface area contributed by atoms with Gasteiger partial charge in [-0.25, -0.2) is 0 Å². The third kappa shape index (κ3) is 5.03. The maximum atomic E-state index is 12.9. The van der Waals surface area contributed by atoms with Crippen molar-refractivity contribution in [1.29, 1.82) is 0 Å². The third-order valence-electron chi connectivity index (χ3n) is 5.04. The van der Waals surface area contributed by atoms with Crippen LogP contribution in [0.15, 0.2) is 120 Å². The summed E-state index contributed by atoms with van der Waals surface area (Å²) < 4.78 is 0. The molecule has 1 amide bonds. The molecule has 1 unspecified atom stereocenters. The van der Waals surface area contributed by atoms with Gasteiger partial charge in [0, 0.05) is 5.57 Å². The lowest BCUT2D eigenvalue weighted by Crippen LogP contribution is -2.45. The van der Waals surface area contributed by atoms with E-state index in [4.69, 9.17) is 0 Å². The molecule has 0 aliphatic carbocycles. The maximum absolute atomic E-state index is 12.9. The summed E-state index contributed by atoms with van der Waals surface area (Å²) in [7, 11) is 0. The molecule has 1 rings (SSSR count). The zero-order chi connectivity index (χ0) is 22.0. The molecule has 1 heterocycles. The average molecular weight is 388 g/mol. The summed E-state index contributed by atoms with van der Waals surface area (Å²) in [5, 5.41) is 3.23. The minimum Gasteiger partial charge on any atom is -0.334 e. The first kappa shape index (κ1) is 23.9. The number of amides is 1. The van der Waals surface area contributed by atoms with Gasteiger partial charge in [0.05, 0.1) is 0 Å². The van der Waals surface area contributed by atoms with Crippen molar-refractivity contribution >= 4 is 5.91 Å². The molecular weight excluding hydrogens is 354 g/mol. The Labute approximate surface area is 176 Å². The number of hydrogen-bond acceptors (Lipinski definition) is 1. The Kier molecular flexibility index (Phi) is 9.08. The Bertz CT molecular complexity index is 897. The first-order valence-corrected chi connectivity index (χ1v) is 9.80. The van der Waals surface area contributed by atoms with E-state index in [1.807, 2.05) is 83.2 Å². The quantitative estimate of drug-likeness (QED) is 0.368. The predicted octanol–water partition coefficient (Wildman–Crippen LogP) is 6.63. The first-order chi connectivity index (χ1) is 13.9. The Morgan fingerprint density at radius 1 is 0.897 bits per heavy atom. The van der Waals surface area contributed by atoms with Crippen LogP contribution in [0.25, 0.3) is 0 Å². The molecule has 29 heavy (non-hydrogen) atoms. The van der Waals surface area contributed by atoms with Gasteiger partial charge in [0.2, 0.25) is 0 Å². The van der Waals surface area contributed by atoms with Gasteiger partial charge in [-0.05, 0) is 51.3 Å². The van der Waals surface area contributed by atoms with Crippen LogP contribution in [0.4, 0.5) is 0 Å². The Morgan fingerprint density at radius 2 is 1.59 bits per heavy atom. The molecule has 1 atom stereocenters. The molecule has 1 N–H and O–H groups in total. The van der Waals surface area contributed by atoms with Crippen LogP contribution in [0, 0.1) is 0 Å². The van der Waals surface area contributed by atoms with Crippen molar-refractivity contribution in [2.75, 3.05) is 0 Å². The van der Waals surface area contributed by atoms with E-state index < -0.39 is 5.54 Å². The highest BCUT2D eigenvalue weighted by Gasteiger charge is 2.48. The van der Waals surface area contributed by atoms with Crippen LogP contribution in [0.1, 0.15) is 34.6 Å². The van der Waals surface area contributed by atoms with E-state index in [2.05, 4.69) is 25.1 Å². The molecule has 0 aromatic heterocycles. The van der Waals surface area contributed by atoms with Crippen molar-refractivity contribution in [2.45, 2.75) is 40.2 Å². The fraction of sp³-hybridized carbons (Fsp3) is 0.222. The summed E-state index contributed by atoms with van der Waals surface area (Å²) in [6.45, 7) is 21.6. The van der Waals surface area contributed by atoms with Crippen molar-refractivity contribution in [3.05, 3.63) is 120 Å². The molecule has 2 heteroatoms. The Morgan fingerprint density at radius 3 is 2.07 bits per heavy atom. The second kappa shape index (κ2) is 11.0. The fourth-order valence-corrected chi connectivity index (χ4v) is 3.26. The summed E-state index contributed by atoms with van der Waals surface area (Å²) in [5.74, 6) is -0.117. The van der Waals surface area contributed by atoms with Gasteiger partial charge in [0.1, 0.15) is 5.54 Å². The molecule has 0 radical (unpaired) electrons. The summed E-state index contributed by atoms with van der Waals surface area (Å²) in [4.78, 5) is 12.9. The van der Waals surface area contributed by atoms with Gasteiger partial charge >= 0.3 is 0 Å². The fourth-order valence-electron chi connectivity index (χ4n) is 3.26. The molecule has 0 saturated carbocycles. The summed E-state index contributed by atoms with van der Waals surface area (Å²) >= 11 is 0. The number of rotatable bonds is 8. The van der Waals surface area contributed by atoms with E-state index in [1.54, 1.807) is 18.2 Å². The smallest absolute Gasteiger partial charge is 0.252 e. The van der Waals surface area contributed by atoms with Gasteiger partial charge in [0.25, 0.3) is 5.91 Å². The van der Waals surface area contributed by atoms with E-state index in [9.17, 15) is 4.79 Å². The van der Waals surface area contributed by atoms with E-state index >= 15 is 0 Å². The van der Waals surface area contributed by atoms with Gasteiger partial charge < -0.3 is 5.32 Å². The molecular formula is C27H33NO. The molecule has 1 fully saturated rings. The molecule has 1 aliphatic heterocycles. The summed E-state index contributed by atoms with van der Waals surface area (Å²) in [6.07, 6.45) is 21.2. The van der Waals surface area contributed by atoms with E-state index in [-0.39, 0.29) is 5.91 Å². The lowest BCUT2D eigenvalue weighted by molar-refractivity contribution is -0.116. The molecule has 0 bridgehead atoms. The van der Waals surface area contributed by atoms with Crippen LogP contribution in [-0.4, -0.2) is 11.4 Å². The van der Waals surface area contributed by atoms with E-state index in [0.717, 1.165) is 27.9 Å². The normalized spacial score (nSPS) is 24.4. The third-order valence-corrected chi connectivity index (χ3v) is 5.04. The monoisotopic (exact) mass is 387 g/mol. The van der Waals surface area contributed by atoms with Crippen LogP contribution in [0.5, 0.6) is 0 Å². The highest BCUT2D eigenvalue weighted by atomic mass is 16.2. The average Bonchev–Trinajstić information content (AvgIpc) is 3.00. The topological polar surface area (TPSA) is 29.1 Å². The van der Waals surface area contributed by atoms with Gasteiger partial charge in [0.15, 0.2) is 0 Å². The highest BCUT2D eigenvalue weighted by molar-refractivity contribution is 6.05. The molecule has 0 aromatic carbocycles. The van der Waals surface area contributed by atoms with Crippen LogP contribution in [-0.2, 0) is 4.79 Å². The van der Waals surface area contributed by atoms with Crippen molar-refractivity contribution in [2.24, 2.45) is 0 Å². The molecule has 2 nitrogen and oxygen atoms in total. The largest absolute Gasteiger partial charge is 0.334 e. The van der Waals surface area contributed by atoms with Crippen molar-refractivity contribution in [1.82, 2.24) is 5.32 Å². The Balaban J connectivity index is 3.96. The van der Waals surface area contributed by atoms with E-state index in [1.165, 1.54) is 0 Å². The molecule has 0 spiro atoms. The first-order valence-electron chi connectivity index (χ1n) is 9.80. The minimum absolute atomic E-state index is 0.117. The number of hydrogen-bond donors (Lipinski definition) is 1. The van der Waals surface area contributed by atoms with E-state index in [0.29, 0.717) is 5.57 Å². The second-order valence-electron chi connectivity index (χ2n) is 6.77. The lowest BCUT2D eigenvalue weighted by atomic mass is 9.75. The maximum Gasteiger partial charge on any atom is 0.252 e. The van der Waals surface area contributed by atoms with Crippen molar-refractivity contribution in [3.63, 3.8) is 0 Å². The predicted molar refractivity (Wildman–Crippen MR) is 127 cm³/mol. The summed E-state index contributed by atoms with van der Waals surface area (Å²) in [5.41, 5.74) is 4.61. The van der Waals surface area contributed by atoms with Crippen LogP contribution < -0.4 is 5.32 Å². The minimum atomic E-state index is -0.855. The van der Waals surface area contributed by atoms with Gasteiger partial charge in [-0.2, -0.15) is 0 Å². The van der Waals surface area contributed by atoms with Gasteiger partial charge in [-0.3, -0.25) is 4.79 Å². The zero-order valence-electron chi connectivity index (χ0n) is 18.4.